The van der Waals surface area contributed by atoms with Gasteiger partial charge in [-0.2, -0.15) is 5.26 Å². The number of hydrogen-bond donors (Lipinski definition) is 0. The highest BCUT2D eigenvalue weighted by Crippen LogP contribution is 2.20. The molecule has 0 amide bonds. The minimum atomic E-state index is 0.259. The van der Waals surface area contributed by atoms with Gasteiger partial charge in [-0.3, -0.25) is 0 Å². The Morgan fingerprint density at radius 1 is 1.24 bits per heavy atom. The second-order valence-electron chi connectivity index (χ2n) is 4.30. The first kappa shape index (κ1) is 11.7. The highest BCUT2D eigenvalue weighted by molar-refractivity contribution is 5.82. The lowest BCUT2D eigenvalue weighted by Gasteiger charge is -2.18. The van der Waals surface area contributed by atoms with Crippen LogP contribution >= 0.6 is 0 Å². The number of nitrogens with zero attached hydrogens (tertiary/aromatic N) is 2. The maximum absolute atomic E-state index is 8.91. The normalized spacial score (nSPS) is 16.9. The first-order valence-electron chi connectivity index (χ1n) is 6.08. The molecule has 1 saturated carbocycles. The van der Waals surface area contributed by atoms with E-state index in [-0.39, 0.29) is 6.10 Å². The molecule has 0 bridgehead atoms. The molecular formula is C14H16N2O. The fourth-order valence-electron chi connectivity index (χ4n) is 2.06. The lowest BCUT2D eigenvalue weighted by atomic mass is 9.98. The zero-order chi connectivity index (χ0) is 11.9. The Balaban J connectivity index is 1.93. The molecule has 0 unspecified atom stereocenters. The average molecular weight is 228 g/mol. The van der Waals surface area contributed by atoms with Crippen molar-refractivity contribution in [2.24, 2.45) is 5.16 Å². The van der Waals surface area contributed by atoms with Gasteiger partial charge in [-0.05, 0) is 31.7 Å². The van der Waals surface area contributed by atoms with Crippen LogP contribution < -0.4 is 0 Å². The zero-order valence-corrected chi connectivity index (χ0v) is 9.80. The summed E-state index contributed by atoms with van der Waals surface area (Å²) in [5.74, 6) is 0. The molecule has 1 aliphatic rings. The van der Waals surface area contributed by atoms with Crippen molar-refractivity contribution in [3.05, 3.63) is 35.4 Å². The summed E-state index contributed by atoms with van der Waals surface area (Å²) in [6.07, 6.45) is 7.85. The Bertz CT molecular complexity index is 428. The zero-order valence-electron chi connectivity index (χ0n) is 9.80. The largest absolute Gasteiger partial charge is 0.393 e. The summed E-state index contributed by atoms with van der Waals surface area (Å²) in [5, 5.41) is 12.9. The molecule has 1 fully saturated rings. The van der Waals surface area contributed by atoms with Crippen LogP contribution in [0.3, 0.4) is 0 Å². The summed E-state index contributed by atoms with van der Waals surface area (Å²) < 4.78 is 0. The third-order valence-electron chi connectivity index (χ3n) is 3.04. The van der Waals surface area contributed by atoms with E-state index in [0.29, 0.717) is 5.56 Å². The number of rotatable bonds is 3. The van der Waals surface area contributed by atoms with E-state index in [1.165, 1.54) is 19.3 Å². The van der Waals surface area contributed by atoms with E-state index in [1.54, 1.807) is 12.3 Å². The topological polar surface area (TPSA) is 45.4 Å². The van der Waals surface area contributed by atoms with Crippen molar-refractivity contribution in [2.45, 2.75) is 38.2 Å². The smallest absolute Gasteiger partial charge is 0.127 e. The van der Waals surface area contributed by atoms with Crippen molar-refractivity contribution >= 4 is 6.21 Å². The first-order chi connectivity index (χ1) is 8.40. The Morgan fingerprint density at radius 3 is 2.76 bits per heavy atom. The lowest BCUT2D eigenvalue weighted by molar-refractivity contribution is 0.0340. The SMILES string of the molecule is N#Cc1ccccc1C=NOC1CCCCC1. The number of nitriles is 1. The second-order valence-corrected chi connectivity index (χ2v) is 4.30. The van der Waals surface area contributed by atoms with Crippen molar-refractivity contribution in [3.8, 4) is 6.07 Å². The highest BCUT2D eigenvalue weighted by atomic mass is 16.6. The van der Waals surface area contributed by atoms with Gasteiger partial charge in [0, 0.05) is 5.56 Å². The quantitative estimate of drug-likeness (QED) is 0.589. The third kappa shape index (κ3) is 3.32. The van der Waals surface area contributed by atoms with Crippen molar-refractivity contribution in [1.82, 2.24) is 0 Å². The summed E-state index contributed by atoms with van der Waals surface area (Å²) >= 11 is 0. The molecule has 0 N–H and O–H groups in total. The van der Waals surface area contributed by atoms with Crippen LogP contribution in [0.15, 0.2) is 29.4 Å². The van der Waals surface area contributed by atoms with Gasteiger partial charge in [0.15, 0.2) is 0 Å². The standard InChI is InChI=1S/C14H16N2O/c15-10-12-6-4-5-7-13(12)11-16-17-14-8-2-1-3-9-14/h4-7,11,14H,1-3,8-9H2. The summed E-state index contributed by atoms with van der Waals surface area (Å²) in [5.41, 5.74) is 1.44. The van der Waals surface area contributed by atoms with E-state index < -0.39 is 0 Å². The molecule has 1 aromatic carbocycles. The second kappa shape index (κ2) is 6.05. The number of benzene rings is 1. The number of hydrogen-bond acceptors (Lipinski definition) is 3. The molecule has 3 nitrogen and oxygen atoms in total. The molecule has 17 heavy (non-hydrogen) atoms. The van der Waals surface area contributed by atoms with Gasteiger partial charge < -0.3 is 4.84 Å². The van der Waals surface area contributed by atoms with E-state index >= 15 is 0 Å². The van der Waals surface area contributed by atoms with Crippen LogP contribution in [-0.2, 0) is 4.84 Å². The maximum atomic E-state index is 8.91. The van der Waals surface area contributed by atoms with Gasteiger partial charge in [0.25, 0.3) is 0 Å². The molecular weight excluding hydrogens is 212 g/mol. The molecule has 88 valence electrons. The molecule has 0 heterocycles. The van der Waals surface area contributed by atoms with Gasteiger partial charge in [0.05, 0.1) is 17.8 Å². The summed E-state index contributed by atoms with van der Waals surface area (Å²) in [7, 11) is 0. The molecule has 1 aromatic rings. The van der Waals surface area contributed by atoms with Crippen LogP contribution in [0.4, 0.5) is 0 Å². The summed E-state index contributed by atoms with van der Waals surface area (Å²) in [4.78, 5) is 5.45. The first-order valence-corrected chi connectivity index (χ1v) is 6.08. The Hall–Kier alpha value is -1.82. The minimum Gasteiger partial charge on any atom is -0.393 e. The van der Waals surface area contributed by atoms with Crippen LogP contribution in [0.2, 0.25) is 0 Å². The Morgan fingerprint density at radius 2 is 2.00 bits per heavy atom. The van der Waals surface area contributed by atoms with E-state index in [9.17, 15) is 0 Å². The van der Waals surface area contributed by atoms with E-state index in [4.69, 9.17) is 10.1 Å². The number of oxime groups is 1. The molecule has 0 spiro atoms. The summed E-state index contributed by atoms with van der Waals surface area (Å²) in [6.45, 7) is 0. The third-order valence-corrected chi connectivity index (χ3v) is 3.04. The monoisotopic (exact) mass is 228 g/mol. The van der Waals surface area contributed by atoms with Crippen LogP contribution in [-0.4, -0.2) is 12.3 Å². The van der Waals surface area contributed by atoms with Gasteiger partial charge in [0.2, 0.25) is 0 Å². The van der Waals surface area contributed by atoms with Crippen LogP contribution in [0.25, 0.3) is 0 Å². The van der Waals surface area contributed by atoms with Crippen molar-refractivity contribution in [1.29, 1.82) is 5.26 Å². The van der Waals surface area contributed by atoms with Crippen molar-refractivity contribution in [3.63, 3.8) is 0 Å². The van der Waals surface area contributed by atoms with Crippen LogP contribution in [0.5, 0.6) is 0 Å². The molecule has 0 saturated heterocycles. The average Bonchev–Trinajstić information content (AvgIpc) is 2.40. The fraction of sp³-hybridized carbons (Fsp3) is 0.429. The minimum absolute atomic E-state index is 0.259. The van der Waals surface area contributed by atoms with E-state index in [1.807, 2.05) is 18.2 Å². The lowest BCUT2D eigenvalue weighted by Crippen LogP contribution is -2.13. The molecule has 0 radical (unpaired) electrons. The molecule has 0 aromatic heterocycles. The molecule has 2 rings (SSSR count). The molecule has 1 aliphatic carbocycles. The predicted molar refractivity (Wildman–Crippen MR) is 66.7 cm³/mol. The molecule has 0 aliphatic heterocycles. The Kier molecular flexibility index (Phi) is 4.15. The fourth-order valence-corrected chi connectivity index (χ4v) is 2.06. The van der Waals surface area contributed by atoms with Crippen molar-refractivity contribution < 1.29 is 4.84 Å². The summed E-state index contributed by atoms with van der Waals surface area (Å²) in [6, 6.07) is 9.52. The van der Waals surface area contributed by atoms with Crippen molar-refractivity contribution in [2.75, 3.05) is 0 Å². The van der Waals surface area contributed by atoms with E-state index in [2.05, 4.69) is 11.2 Å². The Labute approximate surface area is 102 Å². The van der Waals surface area contributed by atoms with Gasteiger partial charge >= 0.3 is 0 Å². The highest BCUT2D eigenvalue weighted by Gasteiger charge is 2.13. The van der Waals surface area contributed by atoms with Gasteiger partial charge in [-0.25, -0.2) is 0 Å². The van der Waals surface area contributed by atoms with Crippen LogP contribution in [0.1, 0.15) is 43.2 Å². The molecule has 3 heteroatoms. The predicted octanol–water partition coefficient (Wildman–Crippen LogP) is 3.24. The molecule has 0 atom stereocenters. The van der Waals surface area contributed by atoms with Gasteiger partial charge in [0.1, 0.15) is 6.10 Å². The van der Waals surface area contributed by atoms with E-state index in [0.717, 1.165) is 18.4 Å². The maximum Gasteiger partial charge on any atom is 0.127 e. The van der Waals surface area contributed by atoms with Gasteiger partial charge in [-0.1, -0.05) is 29.8 Å². The van der Waals surface area contributed by atoms with Gasteiger partial charge in [-0.15, -0.1) is 0 Å². The van der Waals surface area contributed by atoms with Crippen LogP contribution in [0, 0.1) is 11.3 Å².